The number of ketones is 1. The van der Waals surface area contributed by atoms with E-state index in [4.69, 9.17) is 4.74 Å². The third-order valence-electron chi connectivity index (χ3n) is 5.92. The van der Waals surface area contributed by atoms with E-state index in [0.717, 1.165) is 11.1 Å². The summed E-state index contributed by atoms with van der Waals surface area (Å²) in [7, 11) is 0. The third-order valence-corrected chi connectivity index (χ3v) is 5.92. The molecular weight excluding hydrogens is 454 g/mol. The molecule has 0 aliphatic rings. The molecule has 7 nitrogen and oxygen atoms in total. The molecule has 0 spiro atoms. The Morgan fingerprint density at radius 1 is 1.08 bits per heavy atom. The average molecular weight is 480 g/mol. The molecule has 3 aromatic carbocycles. The fourth-order valence-corrected chi connectivity index (χ4v) is 4.02. The molecular formula is C29H25N3O4. The first-order valence-corrected chi connectivity index (χ1v) is 11.4. The van der Waals surface area contributed by atoms with Crippen LogP contribution in [0.25, 0.3) is 17.0 Å². The van der Waals surface area contributed by atoms with Crippen molar-refractivity contribution in [3.8, 4) is 17.6 Å². The van der Waals surface area contributed by atoms with Gasteiger partial charge in [0.25, 0.3) is 0 Å². The Morgan fingerprint density at radius 2 is 1.78 bits per heavy atom. The lowest BCUT2D eigenvalue weighted by Gasteiger charge is -2.19. The summed E-state index contributed by atoms with van der Waals surface area (Å²) in [6.07, 6.45) is 1.36. The lowest BCUT2D eigenvalue weighted by molar-refractivity contribution is -0.385. The number of nitro groups is 1. The number of nitrogens with one attached hydrogen (secondary N) is 1. The molecule has 0 bridgehead atoms. The highest BCUT2D eigenvalue weighted by molar-refractivity contribution is 6.20. The minimum Gasteiger partial charge on any atom is -0.450 e. The number of ether oxygens (including phenoxy) is 1. The number of carbonyl (C=O) groups excluding carboxylic acids is 1. The Balaban J connectivity index is 1.66. The van der Waals surface area contributed by atoms with Crippen LogP contribution < -0.4 is 4.74 Å². The second kappa shape index (κ2) is 9.51. The number of nitriles is 1. The molecule has 0 aliphatic carbocycles. The number of aromatic amines is 1. The van der Waals surface area contributed by atoms with Crippen LogP contribution in [0.4, 0.5) is 5.69 Å². The third kappa shape index (κ3) is 4.89. The molecule has 180 valence electrons. The van der Waals surface area contributed by atoms with Gasteiger partial charge in [-0.05, 0) is 53.8 Å². The van der Waals surface area contributed by atoms with Crippen molar-refractivity contribution in [3.05, 3.63) is 105 Å². The standard InChI is InChI=1S/C29H25N3O4/c1-18-27(23-7-5-6-8-24(23)31-18)28(33)20(17-30)15-19-9-14-26(25(16-19)32(34)35)36-22-12-10-21(11-13-22)29(2,3)4/h5-16,31H,1-4H3/b20-15-. The van der Waals surface area contributed by atoms with Gasteiger partial charge in [-0.1, -0.05) is 57.2 Å². The molecule has 1 aromatic heterocycles. The van der Waals surface area contributed by atoms with Gasteiger partial charge in [0.15, 0.2) is 0 Å². The Morgan fingerprint density at radius 3 is 2.42 bits per heavy atom. The van der Waals surface area contributed by atoms with Crippen molar-refractivity contribution < 1.29 is 14.5 Å². The number of nitrogens with zero attached hydrogens (tertiary/aromatic N) is 2. The van der Waals surface area contributed by atoms with E-state index in [9.17, 15) is 20.2 Å². The molecule has 0 radical (unpaired) electrons. The topological polar surface area (TPSA) is 109 Å². The quantitative estimate of drug-likeness (QED) is 0.103. The predicted octanol–water partition coefficient (Wildman–Crippen LogP) is 7.26. The molecule has 0 saturated carbocycles. The van der Waals surface area contributed by atoms with Gasteiger partial charge in [-0.25, -0.2) is 0 Å². The van der Waals surface area contributed by atoms with E-state index < -0.39 is 10.7 Å². The van der Waals surface area contributed by atoms with Crippen LogP contribution in [-0.2, 0) is 5.41 Å². The molecule has 4 aromatic rings. The summed E-state index contributed by atoms with van der Waals surface area (Å²) >= 11 is 0. The molecule has 0 amide bonds. The molecule has 0 atom stereocenters. The van der Waals surface area contributed by atoms with Crippen LogP contribution in [0.3, 0.4) is 0 Å². The number of hydrogen-bond donors (Lipinski definition) is 1. The fourth-order valence-electron chi connectivity index (χ4n) is 4.02. The van der Waals surface area contributed by atoms with Gasteiger partial charge < -0.3 is 9.72 Å². The summed E-state index contributed by atoms with van der Waals surface area (Å²) in [5.41, 5.74) is 2.90. The van der Waals surface area contributed by atoms with Gasteiger partial charge in [0.1, 0.15) is 17.4 Å². The summed E-state index contributed by atoms with van der Waals surface area (Å²) in [5, 5.41) is 22.2. The van der Waals surface area contributed by atoms with Gasteiger partial charge >= 0.3 is 5.69 Å². The zero-order valence-electron chi connectivity index (χ0n) is 20.5. The van der Waals surface area contributed by atoms with Crippen LogP contribution >= 0.6 is 0 Å². The number of H-pyrrole nitrogens is 1. The molecule has 1 heterocycles. The monoisotopic (exact) mass is 479 g/mol. The van der Waals surface area contributed by atoms with Crippen molar-refractivity contribution in [3.63, 3.8) is 0 Å². The molecule has 0 unspecified atom stereocenters. The first-order chi connectivity index (χ1) is 17.1. The van der Waals surface area contributed by atoms with Crippen molar-refractivity contribution in [2.24, 2.45) is 0 Å². The Bertz CT molecular complexity index is 1550. The van der Waals surface area contributed by atoms with Crippen LogP contribution in [0, 0.1) is 28.4 Å². The van der Waals surface area contributed by atoms with Crippen LogP contribution in [0.15, 0.2) is 72.3 Å². The Kier molecular flexibility index (Phi) is 6.45. The molecule has 0 aliphatic heterocycles. The number of aryl methyl sites for hydroxylation is 1. The summed E-state index contributed by atoms with van der Waals surface area (Å²) in [6, 6.07) is 21.0. The summed E-state index contributed by atoms with van der Waals surface area (Å²) in [6.45, 7) is 8.06. The number of rotatable bonds is 6. The normalized spacial score (nSPS) is 11.8. The Labute approximate surface area is 208 Å². The maximum absolute atomic E-state index is 13.2. The number of para-hydroxylation sites is 1. The van der Waals surface area contributed by atoms with Crippen molar-refractivity contribution in [1.29, 1.82) is 5.26 Å². The van der Waals surface area contributed by atoms with E-state index in [-0.39, 0.29) is 22.4 Å². The molecule has 0 saturated heterocycles. The minimum atomic E-state index is -0.548. The van der Waals surface area contributed by atoms with Crippen LogP contribution in [0.1, 0.15) is 48.0 Å². The molecule has 36 heavy (non-hydrogen) atoms. The second-order valence-electron chi connectivity index (χ2n) is 9.53. The molecule has 1 N–H and O–H groups in total. The largest absolute Gasteiger partial charge is 0.450 e. The number of benzene rings is 3. The van der Waals surface area contributed by atoms with Crippen molar-refractivity contribution in [2.45, 2.75) is 33.1 Å². The van der Waals surface area contributed by atoms with Gasteiger partial charge in [-0.15, -0.1) is 0 Å². The van der Waals surface area contributed by atoms with Gasteiger partial charge in [0, 0.05) is 22.7 Å². The maximum atomic E-state index is 13.2. The number of fused-ring (bicyclic) bond motifs is 1. The summed E-state index contributed by atoms with van der Waals surface area (Å²) < 4.78 is 5.80. The number of carbonyl (C=O) groups is 1. The van der Waals surface area contributed by atoms with E-state index in [0.29, 0.717) is 28.0 Å². The average Bonchev–Trinajstić information content (AvgIpc) is 3.18. The number of nitro benzene ring substituents is 1. The SMILES string of the molecule is Cc1[nH]c2ccccc2c1C(=O)/C(C#N)=C\c1ccc(Oc2ccc(C(C)(C)C)cc2)c([N+](=O)[O-])c1. The molecule has 7 heteroatoms. The molecule has 0 fully saturated rings. The zero-order chi connectivity index (χ0) is 26.0. The lowest BCUT2D eigenvalue weighted by Crippen LogP contribution is -2.10. The highest BCUT2D eigenvalue weighted by Crippen LogP contribution is 2.34. The first-order valence-electron chi connectivity index (χ1n) is 11.4. The van der Waals surface area contributed by atoms with Gasteiger partial charge in [0.05, 0.1) is 10.5 Å². The second-order valence-corrected chi connectivity index (χ2v) is 9.53. The lowest BCUT2D eigenvalue weighted by atomic mass is 9.87. The zero-order valence-corrected chi connectivity index (χ0v) is 20.5. The number of allylic oxidation sites excluding steroid dienone is 1. The first kappa shape index (κ1) is 24.4. The van der Waals surface area contributed by atoms with E-state index >= 15 is 0 Å². The van der Waals surface area contributed by atoms with Gasteiger partial charge in [0.2, 0.25) is 11.5 Å². The van der Waals surface area contributed by atoms with Crippen molar-refractivity contribution in [2.75, 3.05) is 0 Å². The number of aromatic nitrogens is 1. The molecule has 4 rings (SSSR count). The van der Waals surface area contributed by atoms with Gasteiger partial charge in [-0.3, -0.25) is 14.9 Å². The van der Waals surface area contributed by atoms with E-state index in [1.54, 1.807) is 25.1 Å². The van der Waals surface area contributed by atoms with E-state index in [1.165, 1.54) is 18.2 Å². The van der Waals surface area contributed by atoms with E-state index in [2.05, 4.69) is 25.8 Å². The van der Waals surface area contributed by atoms with Crippen LogP contribution in [0.5, 0.6) is 11.5 Å². The summed E-state index contributed by atoms with van der Waals surface area (Å²) in [5.74, 6) is 0.0874. The van der Waals surface area contributed by atoms with Gasteiger partial charge in [-0.2, -0.15) is 5.26 Å². The fraction of sp³-hybridized carbons (Fsp3) is 0.172. The highest BCUT2D eigenvalue weighted by Gasteiger charge is 2.21. The highest BCUT2D eigenvalue weighted by atomic mass is 16.6. The van der Waals surface area contributed by atoms with E-state index in [1.807, 2.05) is 42.5 Å². The smallest absolute Gasteiger partial charge is 0.312 e. The Hall–Kier alpha value is -4.70. The number of hydrogen-bond acceptors (Lipinski definition) is 5. The van der Waals surface area contributed by atoms with Crippen molar-refractivity contribution >= 4 is 28.4 Å². The summed E-state index contributed by atoms with van der Waals surface area (Å²) in [4.78, 5) is 27.6. The maximum Gasteiger partial charge on any atom is 0.312 e. The minimum absolute atomic E-state index is 0.0282. The van der Waals surface area contributed by atoms with Crippen molar-refractivity contribution in [1.82, 2.24) is 4.98 Å². The van der Waals surface area contributed by atoms with Crippen LogP contribution in [0.2, 0.25) is 0 Å². The predicted molar refractivity (Wildman–Crippen MR) is 139 cm³/mol. The number of Topliss-reactive ketones (excluding diaryl/α,β-unsaturated/α-hetero) is 1. The van der Waals surface area contributed by atoms with Crippen LogP contribution in [-0.4, -0.2) is 15.7 Å².